The molecular formula is C32H34ClFN6O4S. The van der Waals surface area contributed by atoms with E-state index in [0.717, 1.165) is 49.6 Å². The van der Waals surface area contributed by atoms with Crippen LogP contribution in [0.25, 0.3) is 10.1 Å². The molecule has 0 spiro atoms. The Hall–Kier alpha value is -4.29. The summed E-state index contributed by atoms with van der Waals surface area (Å²) in [6.45, 7) is 0.256. The number of carbonyl (C=O) groups excluding carboxylic acids is 4. The van der Waals surface area contributed by atoms with E-state index in [-0.39, 0.29) is 34.5 Å². The number of hydrogen-bond acceptors (Lipinski definition) is 6. The van der Waals surface area contributed by atoms with Gasteiger partial charge in [0.05, 0.1) is 22.1 Å². The van der Waals surface area contributed by atoms with Crippen LogP contribution in [0.5, 0.6) is 0 Å². The molecule has 45 heavy (non-hydrogen) atoms. The number of hydrogen-bond donors (Lipinski definition) is 4. The Morgan fingerprint density at radius 2 is 1.76 bits per heavy atom. The van der Waals surface area contributed by atoms with Crippen LogP contribution in [0, 0.1) is 5.82 Å². The van der Waals surface area contributed by atoms with Crippen LogP contribution in [0.3, 0.4) is 0 Å². The highest BCUT2D eigenvalue weighted by atomic mass is 35.5. The fourth-order valence-corrected chi connectivity index (χ4v) is 6.54. The van der Waals surface area contributed by atoms with Crippen molar-refractivity contribution in [2.45, 2.75) is 64.0 Å². The molecule has 2 aromatic heterocycles. The average molecular weight is 653 g/mol. The molecule has 0 radical (unpaired) electrons. The number of primary amides is 1. The second-order valence-electron chi connectivity index (χ2n) is 11.0. The molecule has 5 N–H and O–H groups in total. The van der Waals surface area contributed by atoms with Crippen molar-refractivity contribution >= 4 is 62.5 Å². The van der Waals surface area contributed by atoms with E-state index in [9.17, 15) is 23.6 Å². The monoisotopic (exact) mass is 652 g/mol. The molecule has 5 rings (SSSR count). The summed E-state index contributed by atoms with van der Waals surface area (Å²) in [6, 6.07) is 11.8. The van der Waals surface area contributed by atoms with E-state index in [4.69, 9.17) is 17.3 Å². The van der Waals surface area contributed by atoms with Gasteiger partial charge in [-0.1, -0.05) is 61.9 Å². The van der Waals surface area contributed by atoms with Crippen molar-refractivity contribution in [3.8, 4) is 0 Å². The number of halogens is 2. The van der Waals surface area contributed by atoms with Crippen molar-refractivity contribution in [3.05, 3.63) is 82.0 Å². The Morgan fingerprint density at radius 1 is 1.02 bits per heavy atom. The topological polar surface area (TPSA) is 148 Å². The summed E-state index contributed by atoms with van der Waals surface area (Å²) in [5.41, 5.74) is 6.56. The lowest BCUT2D eigenvalue weighted by molar-refractivity contribution is -0.123. The first-order valence-electron chi connectivity index (χ1n) is 14.9. The number of amides is 4. The third-order valence-corrected chi connectivity index (χ3v) is 8.92. The van der Waals surface area contributed by atoms with Gasteiger partial charge >= 0.3 is 0 Å². The molecule has 0 bridgehead atoms. The zero-order chi connectivity index (χ0) is 31.9. The van der Waals surface area contributed by atoms with Crippen molar-refractivity contribution < 1.29 is 23.6 Å². The number of aromatic nitrogens is 2. The number of fused-ring (bicyclic) bond motifs is 2. The number of unbranched alkanes of at least 4 members (excludes halogenated alkanes) is 6. The molecule has 236 valence electrons. The van der Waals surface area contributed by atoms with E-state index in [1.165, 1.54) is 35.8 Å². The second kappa shape index (κ2) is 14.7. The number of nitrogens with zero attached hydrogens (tertiary/aromatic N) is 2. The van der Waals surface area contributed by atoms with Crippen LogP contribution in [0.15, 0.2) is 48.5 Å². The Bertz CT molecular complexity index is 1740. The lowest BCUT2D eigenvalue weighted by Gasteiger charge is -2.29. The summed E-state index contributed by atoms with van der Waals surface area (Å²) in [5, 5.41) is 9.58. The molecule has 4 amide bonds. The van der Waals surface area contributed by atoms with Crippen LogP contribution in [0.4, 0.5) is 10.1 Å². The summed E-state index contributed by atoms with van der Waals surface area (Å²) in [5.74, 6) is -2.09. The van der Waals surface area contributed by atoms with Crippen molar-refractivity contribution in [1.29, 1.82) is 0 Å². The Balaban J connectivity index is 1.34. The molecule has 0 saturated carbocycles. The van der Waals surface area contributed by atoms with Crippen LogP contribution in [0.2, 0.25) is 5.02 Å². The molecule has 10 nitrogen and oxygen atoms in total. The summed E-state index contributed by atoms with van der Waals surface area (Å²) >= 11 is 7.65. The van der Waals surface area contributed by atoms with Gasteiger partial charge in [-0.05, 0) is 54.7 Å². The molecule has 1 aliphatic heterocycles. The maximum Gasteiger partial charge on any atom is 0.276 e. The quantitative estimate of drug-likeness (QED) is 0.129. The Morgan fingerprint density at radius 3 is 2.53 bits per heavy atom. The molecule has 0 saturated heterocycles. The number of anilines is 1. The fraction of sp³-hybridized carbons (Fsp3) is 0.344. The minimum atomic E-state index is -0.929. The van der Waals surface area contributed by atoms with Crippen LogP contribution >= 0.6 is 23.1 Å². The van der Waals surface area contributed by atoms with Crippen molar-refractivity contribution in [2.75, 3.05) is 11.9 Å². The first-order chi connectivity index (χ1) is 21.7. The molecule has 1 aliphatic rings. The van der Waals surface area contributed by atoms with Gasteiger partial charge in [0.2, 0.25) is 11.8 Å². The maximum atomic E-state index is 14.4. The molecule has 3 heterocycles. The minimum Gasteiger partial charge on any atom is -0.370 e. The molecule has 1 atom stereocenters. The normalized spacial score (nSPS) is 14.2. The first-order valence-corrected chi connectivity index (χ1v) is 16.1. The van der Waals surface area contributed by atoms with Gasteiger partial charge in [-0.2, -0.15) is 4.37 Å². The lowest BCUT2D eigenvalue weighted by atomic mass is 10.0. The number of rotatable bonds is 14. The van der Waals surface area contributed by atoms with Gasteiger partial charge in [-0.25, -0.2) is 4.39 Å². The molecule has 0 fully saturated rings. The summed E-state index contributed by atoms with van der Waals surface area (Å²) in [7, 11) is 0. The first kappa shape index (κ1) is 32.1. The number of nitrogens with one attached hydrogen (secondary N) is 3. The summed E-state index contributed by atoms with van der Waals surface area (Å²) in [6.07, 6.45) is 6.95. The minimum absolute atomic E-state index is 0.174. The largest absolute Gasteiger partial charge is 0.370 e. The van der Waals surface area contributed by atoms with Crippen molar-refractivity contribution in [1.82, 2.24) is 19.6 Å². The highest BCUT2D eigenvalue weighted by Crippen LogP contribution is 2.38. The van der Waals surface area contributed by atoms with Crippen LogP contribution in [-0.4, -0.2) is 39.1 Å². The third kappa shape index (κ3) is 7.69. The van der Waals surface area contributed by atoms with Crippen LogP contribution in [0.1, 0.15) is 89.6 Å². The molecule has 0 unspecified atom stereocenters. The maximum absolute atomic E-state index is 14.4. The van der Waals surface area contributed by atoms with Crippen LogP contribution in [-0.2, 0) is 16.1 Å². The zero-order valence-electron chi connectivity index (χ0n) is 24.5. The second-order valence-corrected chi connectivity index (χ2v) is 12.2. The van der Waals surface area contributed by atoms with Gasteiger partial charge in [0.1, 0.15) is 23.7 Å². The van der Waals surface area contributed by atoms with Gasteiger partial charge in [0.15, 0.2) is 0 Å². The lowest BCUT2D eigenvalue weighted by Crippen LogP contribution is -2.41. The van der Waals surface area contributed by atoms with E-state index in [1.807, 2.05) is 18.2 Å². The van der Waals surface area contributed by atoms with Gasteiger partial charge < -0.3 is 26.3 Å². The SMILES string of the molecule is NC(=O)CCCCCCCCCNC(=O)c1cc(NC(=O)c2nsc3ccccc23)c2n1CC(=O)N[C@@H]2c1cc(F)ccc1Cl. The molecule has 0 aliphatic carbocycles. The summed E-state index contributed by atoms with van der Waals surface area (Å²) in [4.78, 5) is 50.7. The molecule has 4 aromatic rings. The molecule has 2 aromatic carbocycles. The smallest absolute Gasteiger partial charge is 0.276 e. The van der Waals surface area contributed by atoms with Crippen molar-refractivity contribution in [3.63, 3.8) is 0 Å². The Labute approximate surface area is 268 Å². The predicted molar refractivity (Wildman–Crippen MR) is 172 cm³/mol. The van der Waals surface area contributed by atoms with Gasteiger partial charge in [-0.15, -0.1) is 0 Å². The number of carbonyl (C=O) groups is 4. The summed E-state index contributed by atoms with van der Waals surface area (Å²) < 4.78 is 21.1. The number of benzene rings is 2. The van der Waals surface area contributed by atoms with E-state index in [0.29, 0.717) is 29.6 Å². The van der Waals surface area contributed by atoms with Gasteiger partial charge in [-0.3, -0.25) is 19.2 Å². The average Bonchev–Trinajstić information content (AvgIpc) is 3.60. The highest BCUT2D eigenvalue weighted by Gasteiger charge is 2.35. The standard InChI is InChI=1S/C32H34ClFN6O4S/c33-22-14-13-19(34)16-21(22)28-30-23(37-32(44)29-20-10-7-8-11-25(20)45-39-29)17-24(40(30)18-27(42)38-28)31(43)36-15-9-5-3-1-2-4-6-12-26(35)41/h7-8,10-11,13-14,16-17,28H,1-6,9,12,15,18H2,(H2,35,41)(H,36,43)(H,37,44)(H,38,42)/t28-/m1/s1. The van der Waals surface area contributed by atoms with E-state index < -0.39 is 29.6 Å². The highest BCUT2D eigenvalue weighted by molar-refractivity contribution is 7.13. The fourth-order valence-electron chi connectivity index (χ4n) is 5.54. The third-order valence-electron chi connectivity index (χ3n) is 7.75. The van der Waals surface area contributed by atoms with E-state index in [1.54, 1.807) is 10.6 Å². The Kier molecular flexibility index (Phi) is 10.5. The van der Waals surface area contributed by atoms with E-state index in [2.05, 4.69) is 20.3 Å². The van der Waals surface area contributed by atoms with Gasteiger partial charge in [0, 0.05) is 28.9 Å². The van der Waals surface area contributed by atoms with Gasteiger partial charge in [0.25, 0.3) is 11.8 Å². The van der Waals surface area contributed by atoms with E-state index >= 15 is 0 Å². The number of nitrogens with two attached hydrogens (primary N) is 1. The predicted octanol–water partition coefficient (Wildman–Crippen LogP) is 5.70. The van der Waals surface area contributed by atoms with Crippen molar-refractivity contribution in [2.24, 2.45) is 5.73 Å². The van der Waals surface area contributed by atoms with Crippen LogP contribution < -0.4 is 21.7 Å². The molecular weight excluding hydrogens is 619 g/mol. The molecule has 13 heteroatoms. The zero-order valence-corrected chi connectivity index (χ0v) is 26.1.